The maximum Gasteiger partial charge on any atom is 0.303 e. The van der Waals surface area contributed by atoms with Crippen LogP contribution in [0.3, 0.4) is 0 Å². The maximum atomic E-state index is 11.4. The number of allylic oxidation sites excluding steroid dienone is 2. The van der Waals surface area contributed by atoms with Gasteiger partial charge in [0.15, 0.2) is 5.78 Å². The number of carbonyl (C=O) groups is 2. The van der Waals surface area contributed by atoms with Crippen molar-refractivity contribution in [1.82, 2.24) is 0 Å². The van der Waals surface area contributed by atoms with Gasteiger partial charge in [0.05, 0.1) is 0 Å². The summed E-state index contributed by atoms with van der Waals surface area (Å²) < 4.78 is 0. The Kier molecular flexibility index (Phi) is 4.53. The Balaban J connectivity index is 2.17. The van der Waals surface area contributed by atoms with E-state index >= 15 is 0 Å². The van der Waals surface area contributed by atoms with Crippen molar-refractivity contribution in [2.75, 3.05) is 0 Å². The molecule has 0 saturated heterocycles. The summed E-state index contributed by atoms with van der Waals surface area (Å²) in [4.78, 5) is 21.7. The minimum Gasteiger partial charge on any atom is -0.481 e. The predicted molar refractivity (Wildman–Crippen MR) is 57.7 cm³/mol. The molecule has 0 aromatic heterocycles. The minimum atomic E-state index is -0.734. The summed E-state index contributed by atoms with van der Waals surface area (Å²) in [5.41, 5.74) is 2.24. The molecule has 1 aliphatic carbocycles. The first-order valence-electron chi connectivity index (χ1n) is 5.55. The van der Waals surface area contributed by atoms with Crippen molar-refractivity contribution in [3.05, 3.63) is 11.1 Å². The number of ketones is 1. The van der Waals surface area contributed by atoms with Gasteiger partial charge in [-0.2, -0.15) is 0 Å². The summed E-state index contributed by atoms with van der Waals surface area (Å²) in [6, 6.07) is 0. The fourth-order valence-corrected chi connectivity index (χ4v) is 1.95. The molecule has 0 atom stereocenters. The van der Waals surface area contributed by atoms with Crippen molar-refractivity contribution in [1.29, 1.82) is 0 Å². The third kappa shape index (κ3) is 3.86. The molecule has 0 aromatic rings. The summed E-state index contributed by atoms with van der Waals surface area (Å²) in [6.07, 6.45) is 5.23. The van der Waals surface area contributed by atoms with Crippen molar-refractivity contribution in [2.45, 2.75) is 51.9 Å². The van der Waals surface area contributed by atoms with Gasteiger partial charge in [-0.15, -0.1) is 0 Å². The molecule has 84 valence electrons. The first-order chi connectivity index (χ1) is 7.11. The van der Waals surface area contributed by atoms with E-state index in [2.05, 4.69) is 0 Å². The fourth-order valence-electron chi connectivity index (χ4n) is 1.95. The highest BCUT2D eigenvalue weighted by atomic mass is 16.4. The number of unbranched alkanes of at least 4 members (excludes halogenated alkanes) is 2. The van der Waals surface area contributed by atoms with Gasteiger partial charge in [0.2, 0.25) is 0 Å². The Labute approximate surface area is 90.2 Å². The Bertz CT molecular complexity index is 289. The highest BCUT2D eigenvalue weighted by Gasteiger charge is 2.18. The van der Waals surface area contributed by atoms with E-state index in [1.165, 1.54) is 5.57 Å². The molecule has 0 bridgehead atoms. The lowest BCUT2D eigenvalue weighted by Gasteiger charge is -2.02. The second-order valence-corrected chi connectivity index (χ2v) is 4.14. The lowest BCUT2D eigenvalue weighted by molar-refractivity contribution is -0.137. The first kappa shape index (κ1) is 12.0. The van der Waals surface area contributed by atoms with Gasteiger partial charge in [-0.25, -0.2) is 0 Å². The van der Waals surface area contributed by atoms with Crippen LogP contribution in [0.25, 0.3) is 0 Å². The van der Waals surface area contributed by atoms with Crippen LogP contribution < -0.4 is 0 Å². The zero-order valence-corrected chi connectivity index (χ0v) is 9.21. The predicted octanol–water partition coefficient (Wildman–Crippen LogP) is 2.70. The van der Waals surface area contributed by atoms with E-state index in [1.54, 1.807) is 0 Å². The van der Waals surface area contributed by atoms with Gasteiger partial charge in [-0.05, 0) is 38.2 Å². The van der Waals surface area contributed by atoms with E-state index in [0.29, 0.717) is 12.2 Å². The number of hydrogen-bond acceptors (Lipinski definition) is 2. The smallest absolute Gasteiger partial charge is 0.303 e. The van der Waals surface area contributed by atoms with E-state index in [-0.39, 0.29) is 6.42 Å². The highest BCUT2D eigenvalue weighted by molar-refractivity contribution is 5.98. The number of aliphatic carboxylic acids is 1. The van der Waals surface area contributed by atoms with Gasteiger partial charge in [0.25, 0.3) is 0 Å². The van der Waals surface area contributed by atoms with Gasteiger partial charge in [0.1, 0.15) is 0 Å². The Morgan fingerprint density at radius 1 is 1.27 bits per heavy atom. The summed E-state index contributed by atoms with van der Waals surface area (Å²) in [5, 5.41) is 8.45. The molecule has 0 heterocycles. The largest absolute Gasteiger partial charge is 0.481 e. The van der Waals surface area contributed by atoms with Crippen molar-refractivity contribution in [3.8, 4) is 0 Å². The molecular formula is C12H18O3. The van der Waals surface area contributed by atoms with E-state index in [4.69, 9.17) is 5.11 Å². The average Bonchev–Trinajstić information content (AvgIpc) is 2.47. The van der Waals surface area contributed by atoms with E-state index < -0.39 is 5.97 Å². The van der Waals surface area contributed by atoms with Crippen LogP contribution in [0.15, 0.2) is 11.1 Å². The Hall–Kier alpha value is -1.12. The topological polar surface area (TPSA) is 54.4 Å². The summed E-state index contributed by atoms with van der Waals surface area (Å²) in [5.74, 6) is -0.437. The van der Waals surface area contributed by atoms with Gasteiger partial charge in [0, 0.05) is 12.8 Å². The lowest BCUT2D eigenvalue weighted by Crippen LogP contribution is -1.97. The molecule has 0 aromatic carbocycles. The fraction of sp³-hybridized carbons (Fsp3) is 0.667. The van der Waals surface area contributed by atoms with Crippen LogP contribution >= 0.6 is 0 Å². The van der Waals surface area contributed by atoms with Crippen LogP contribution in [0.5, 0.6) is 0 Å². The van der Waals surface area contributed by atoms with E-state index in [1.807, 2.05) is 6.92 Å². The third-order valence-electron chi connectivity index (χ3n) is 2.90. The zero-order chi connectivity index (χ0) is 11.3. The van der Waals surface area contributed by atoms with Crippen LogP contribution in [-0.2, 0) is 9.59 Å². The van der Waals surface area contributed by atoms with Crippen LogP contribution in [0.2, 0.25) is 0 Å². The van der Waals surface area contributed by atoms with Crippen LogP contribution in [-0.4, -0.2) is 16.9 Å². The zero-order valence-electron chi connectivity index (χ0n) is 9.21. The maximum absolute atomic E-state index is 11.4. The molecule has 3 heteroatoms. The van der Waals surface area contributed by atoms with Crippen LogP contribution in [0.4, 0.5) is 0 Å². The molecule has 0 amide bonds. The van der Waals surface area contributed by atoms with Crippen molar-refractivity contribution < 1.29 is 14.7 Å². The number of carboxylic acids is 1. The number of hydrogen-bond donors (Lipinski definition) is 1. The monoisotopic (exact) mass is 210 g/mol. The molecule has 0 fully saturated rings. The SMILES string of the molecule is CC1=C(CCCCCC(=O)O)C(=O)CC1. The third-order valence-corrected chi connectivity index (χ3v) is 2.90. The molecule has 0 unspecified atom stereocenters. The molecule has 1 rings (SSSR count). The molecule has 0 saturated carbocycles. The molecule has 0 radical (unpaired) electrons. The quantitative estimate of drug-likeness (QED) is 0.686. The normalized spacial score (nSPS) is 16.2. The number of Topliss-reactive ketones (excluding diaryl/α,β-unsaturated/α-hetero) is 1. The minimum absolute atomic E-state index is 0.242. The second-order valence-electron chi connectivity index (χ2n) is 4.14. The van der Waals surface area contributed by atoms with Crippen molar-refractivity contribution in [2.24, 2.45) is 0 Å². The van der Waals surface area contributed by atoms with Gasteiger partial charge in [-0.1, -0.05) is 12.0 Å². The van der Waals surface area contributed by atoms with Gasteiger partial charge in [-0.3, -0.25) is 9.59 Å². The van der Waals surface area contributed by atoms with E-state index in [0.717, 1.165) is 37.7 Å². The Morgan fingerprint density at radius 3 is 2.53 bits per heavy atom. The highest BCUT2D eigenvalue weighted by Crippen LogP contribution is 2.26. The molecule has 3 nitrogen and oxygen atoms in total. The first-order valence-corrected chi connectivity index (χ1v) is 5.55. The lowest BCUT2D eigenvalue weighted by atomic mass is 10.0. The molecular weight excluding hydrogens is 192 g/mol. The molecule has 0 aliphatic heterocycles. The second kappa shape index (κ2) is 5.69. The van der Waals surface area contributed by atoms with Crippen LogP contribution in [0.1, 0.15) is 51.9 Å². The summed E-state index contributed by atoms with van der Waals surface area (Å²) in [6.45, 7) is 2.03. The van der Waals surface area contributed by atoms with E-state index in [9.17, 15) is 9.59 Å². The molecule has 1 aliphatic rings. The number of carbonyl (C=O) groups excluding carboxylic acids is 1. The number of carboxylic acid groups (broad SMARTS) is 1. The van der Waals surface area contributed by atoms with Gasteiger partial charge >= 0.3 is 5.97 Å². The summed E-state index contributed by atoms with van der Waals surface area (Å²) in [7, 11) is 0. The summed E-state index contributed by atoms with van der Waals surface area (Å²) >= 11 is 0. The molecule has 0 spiro atoms. The standard InChI is InChI=1S/C12H18O3/c1-9-7-8-11(13)10(9)5-3-2-4-6-12(14)15/h2-8H2,1H3,(H,14,15). The Morgan fingerprint density at radius 2 is 2.00 bits per heavy atom. The van der Waals surface area contributed by atoms with Gasteiger partial charge < -0.3 is 5.11 Å². The number of rotatable bonds is 6. The molecule has 1 N–H and O–H groups in total. The molecule has 15 heavy (non-hydrogen) atoms. The van der Waals surface area contributed by atoms with Crippen LogP contribution in [0, 0.1) is 0 Å². The average molecular weight is 210 g/mol. The van der Waals surface area contributed by atoms with Crippen molar-refractivity contribution in [3.63, 3.8) is 0 Å². The van der Waals surface area contributed by atoms with Crippen molar-refractivity contribution >= 4 is 11.8 Å².